The number of nitrogens with one attached hydrogen (secondary N) is 4. The van der Waals surface area contributed by atoms with Crippen molar-refractivity contribution in [3.63, 3.8) is 0 Å². The number of para-hydroxylation sites is 3. The minimum atomic E-state index is -0.438. The number of nitrogen functional groups attached to an aromatic ring is 3. The van der Waals surface area contributed by atoms with Gasteiger partial charge < -0.3 is 57.9 Å². The van der Waals surface area contributed by atoms with Gasteiger partial charge in [-0.3, -0.25) is 28.8 Å². The molecular weight excluding hydrogens is 1160 g/mol. The predicted molar refractivity (Wildman–Crippen MR) is 370 cm³/mol. The molecule has 0 atom stereocenters. The number of aromatic nitrogens is 6. The van der Waals surface area contributed by atoms with Crippen LogP contribution in [0.2, 0.25) is 0 Å². The molecule has 0 aliphatic carbocycles. The van der Waals surface area contributed by atoms with Gasteiger partial charge in [0.05, 0.1) is 35.7 Å². The summed E-state index contributed by atoms with van der Waals surface area (Å²) in [5.41, 5.74) is 25.2. The Hall–Kier alpha value is -11.3. The summed E-state index contributed by atoms with van der Waals surface area (Å²) in [4.78, 5) is 106. The molecule has 23 heteroatoms. The molecular formula is C69H86N16O7. The molecule has 2 saturated heterocycles. The lowest BCUT2D eigenvalue weighted by Crippen LogP contribution is -2.33. The van der Waals surface area contributed by atoms with E-state index in [2.05, 4.69) is 51.2 Å². The van der Waals surface area contributed by atoms with E-state index in [0.717, 1.165) is 75.2 Å². The predicted octanol–water partition coefficient (Wildman–Crippen LogP) is 10.7. The zero-order valence-corrected chi connectivity index (χ0v) is 51.3. The normalized spacial score (nSPS) is 12.7. The van der Waals surface area contributed by atoms with Crippen LogP contribution < -0.4 is 38.5 Å². The Labute approximate surface area is 543 Å². The highest BCUT2D eigenvalue weighted by Gasteiger charge is 2.22. The van der Waals surface area contributed by atoms with Gasteiger partial charge in [0.15, 0.2) is 34.5 Å². The molecule has 0 spiro atoms. The Morgan fingerprint density at radius 1 is 0.489 bits per heavy atom. The lowest BCUT2D eigenvalue weighted by atomic mass is 10.0. The molecule has 3 aromatic heterocycles. The highest BCUT2D eigenvalue weighted by Crippen LogP contribution is 2.25. The van der Waals surface area contributed by atoms with Crippen LogP contribution in [0.4, 0.5) is 34.5 Å². The Kier molecular flexibility index (Phi) is 22.5. The highest BCUT2D eigenvalue weighted by atomic mass is 16.5. The molecule has 0 bridgehead atoms. The Balaban J connectivity index is 0.000000488. The minimum Gasteiger partial charge on any atom is -0.382 e. The molecule has 92 heavy (non-hydrogen) atoms. The van der Waals surface area contributed by atoms with Gasteiger partial charge in [0, 0.05) is 113 Å². The smallest absolute Gasteiger partial charge is 0.278 e. The van der Waals surface area contributed by atoms with Crippen molar-refractivity contribution in [1.29, 1.82) is 0 Å². The van der Waals surface area contributed by atoms with Gasteiger partial charge in [0.25, 0.3) is 35.4 Å². The first-order chi connectivity index (χ1) is 44.6. The van der Waals surface area contributed by atoms with E-state index in [9.17, 15) is 28.8 Å². The monoisotopic (exact) mass is 1250 g/mol. The van der Waals surface area contributed by atoms with Crippen LogP contribution in [-0.4, -0.2) is 147 Å². The summed E-state index contributed by atoms with van der Waals surface area (Å²) in [5, 5.41) is 11.3. The van der Waals surface area contributed by atoms with Crippen LogP contribution in [0, 0.1) is 5.92 Å². The second kappa shape index (κ2) is 31.7. The van der Waals surface area contributed by atoms with Gasteiger partial charge in [-0.15, -0.1) is 0 Å². The molecule has 23 nitrogen and oxygen atoms in total. The lowest BCUT2D eigenvalue weighted by molar-refractivity contribution is 0.0642. The van der Waals surface area contributed by atoms with Crippen LogP contribution >= 0.6 is 0 Å². The van der Waals surface area contributed by atoms with Gasteiger partial charge in [0.1, 0.15) is 0 Å². The molecule has 2 fully saturated rings. The minimum absolute atomic E-state index is 0. The van der Waals surface area contributed by atoms with Crippen molar-refractivity contribution in [2.24, 2.45) is 5.92 Å². The quantitative estimate of drug-likeness (QED) is 0.0445. The molecule has 0 radical (unpaired) electrons. The first-order valence-electron chi connectivity index (χ1n) is 29.9. The first kappa shape index (κ1) is 65.2. The number of hydrogen-bond donors (Lipinski definition) is 7. The van der Waals surface area contributed by atoms with Crippen LogP contribution in [0.25, 0.3) is 33.8 Å². The molecule has 10 N–H and O–H groups in total. The van der Waals surface area contributed by atoms with E-state index in [1.807, 2.05) is 90.6 Å². The number of carbonyl (C=O) groups is 6. The summed E-state index contributed by atoms with van der Waals surface area (Å²) < 4.78 is 5.35. The van der Waals surface area contributed by atoms with Crippen LogP contribution in [0.1, 0.15) is 98.2 Å². The van der Waals surface area contributed by atoms with E-state index < -0.39 is 17.7 Å². The Bertz CT molecular complexity index is 4020. The van der Waals surface area contributed by atoms with E-state index in [-0.39, 0.29) is 62.2 Å². The summed E-state index contributed by atoms with van der Waals surface area (Å²) in [6.45, 7) is 5.19. The van der Waals surface area contributed by atoms with Crippen molar-refractivity contribution >= 4 is 70.0 Å². The van der Waals surface area contributed by atoms with Gasteiger partial charge in [-0.2, -0.15) is 0 Å². The molecule has 5 heterocycles. The fraction of sp³-hybridized carbons (Fsp3) is 0.217. The molecule has 9 aromatic rings. The molecule has 6 aromatic carbocycles. The largest absolute Gasteiger partial charge is 0.382 e. The number of likely N-dealkylation sites (tertiary alicyclic amines) is 1. The molecule has 2 aliphatic heterocycles. The van der Waals surface area contributed by atoms with E-state index in [1.54, 1.807) is 109 Å². The number of carbonyl (C=O) groups excluding carboxylic acids is 6. The SMILES string of the molecule is CN(C)CCN(C)C(=O)c1ccc(-c2cnc(N)c(C(=O)Nc3ccccc3)n2)cc1.Nc1ncc(-c2ccc(C(=O)N3CCCC3)cc2)nc1C(=O)Nc1ccccc1.Nc1ncc(-c2ccc(C(=O)NCC3CCOCC3)cc2)nc1C(=O)Nc1ccccc1.[HH].[HH].[HH].[HH].[HH].[HH].[HH]. The maximum Gasteiger partial charge on any atom is 0.278 e. The van der Waals surface area contributed by atoms with E-state index >= 15 is 0 Å². The van der Waals surface area contributed by atoms with Crippen LogP contribution in [0.15, 0.2) is 182 Å². The zero-order chi connectivity index (χ0) is 64.9. The third kappa shape index (κ3) is 17.9. The number of hydrogen-bond acceptors (Lipinski definition) is 17. The number of nitrogens with zero attached hydrogens (tertiary/aromatic N) is 9. The summed E-state index contributed by atoms with van der Waals surface area (Å²) >= 11 is 0. The molecule has 2 aliphatic rings. The standard InChI is InChI=1S/C24H25N5O3.C23H26N6O2.C22H21N5O2.7H2/c25-22-21(24(31)28-19-4-2-1-3-5-19)29-20(15-26-22)17-6-8-18(9-7-17)23(30)27-14-16-10-12-32-13-11-16;1-28(2)13-14-29(3)23(31)17-11-9-16(10-12-17)19-15-25-21(24)20(27-19)22(30)26-18-7-5-4-6-8-18;23-20-19(21(28)25-17-6-2-1-3-7-17)26-18(14-24-20)15-8-10-16(11-9-15)22(29)27-12-4-5-13-27;;;;;;;/h1-9,15-16H,10-14H2,(H2,25,26)(H,27,30)(H,28,31);4-12,15H,13-14H2,1-3H3,(H2,24,25)(H,26,30);1-3,6-11,14H,4-5,12-13H2,(H2,23,24)(H,25,28);7*1H. The van der Waals surface area contributed by atoms with E-state index in [4.69, 9.17) is 21.9 Å². The van der Waals surface area contributed by atoms with Crippen molar-refractivity contribution in [3.8, 4) is 33.8 Å². The van der Waals surface area contributed by atoms with Gasteiger partial charge in [-0.05, 0) is 118 Å². The number of rotatable bonds is 17. The number of nitrogens with two attached hydrogens (primary N) is 3. The lowest BCUT2D eigenvalue weighted by Gasteiger charge is -2.22. The van der Waals surface area contributed by atoms with E-state index in [1.165, 1.54) is 18.6 Å². The van der Waals surface area contributed by atoms with Crippen molar-refractivity contribution in [2.45, 2.75) is 25.7 Å². The second-order valence-electron chi connectivity index (χ2n) is 22.0. The topological polar surface area (TPSA) is 325 Å². The number of likely N-dealkylation sites (N-methyl/N-ethyl adjacent to an activating group) is 2. The molecule has 11 rings (SSSR count). The number of ether oxygens (including phenoxy) is 1. The summed E-state index contributed by atoms with van der Waals surface area (Å²) in [7, 11) is 5.72. The fourth-order valence-electron chi connectivity index (χ4n) is 9.67. The van der Waals surface area contributed by atoms with Gasteiger partial charge >= 0.3 is 0 Å². The highest BCUT2D eigenvalue weighted by molar-refractivity contribution is 6.07. The number of benzene rings is 6. The average molecular weight is 1250 g/mol. The van der Waals surface area contributed by atoms with Crippen molar-refractivity contribution < 1.29 is 43.5 Å². The third-order valence-corrected chi connectivity index (χ3v) is 15.0. The average Bonchev–Trinajstić information content (AvgIpc) is 0.854. The van der Waals surface area contributed by atoms with E-state index in [0.29, 0.717) is 69.8 Å². The summed E-state index contributed by atoms with van der Waals surface area (Å²) in [5.74, 6) is -0.823. The number of amides is 6. The number of anilines is 6. The maximum atomic E-state index is 12.6. The fourth-order valence-corrected chi connectivity index (χ4v) is 9.67. The second-order valence-corrected chi connectivity index (χ2v) is 22.0. The molecule has 0 unspecified atom stereocenters. The Morgan fingerprint density at radius 3 is 1.24 bits per heavy atom. The zero-order valence-electron chi connectivity index (χ0n) is 51.3. The van der Waals surface area contributed by atoms with Crippen molar-refractivity contribution in [3.05, 3.63) is 216 Å². The summed E-state index contributed by atoms with van der Waals surface area (Å²) in [6, 6.07) is 48.4. The molecule has 6 amide bonds. The van der Waals surface area contributed by atoms with Crippen LogP contribution in [0.5, 0.6) is 0 Å². The first-order valence-corrected chi connectivity index (χ1v) is 29.9. The van der Waals surface area contributed by atoms with Gasteiger partial charge in [-0.1, -0.05) is 91.0 Å². The van der Waals surface area contributed by atoms with Crippen LogP contribution in [-0.2, 0) is 4.74 Å². The van der Waals surface area contributed by atoms with Crippen molar-refractivity contribution in [1.82, 2.24) is 49.9 Å². The summed E-state index contributed by atoms with van der Waals surface area (Å²) in [6.07, 6.45) is 8.58. The van der Waals surface area contributed by atoms with Crippen LogP contribution in [0.3, 0.4) is 0 Å². The van der Waals surface area contributed by atoms with Gasteiger partial charge in [-0.25, -0.2) is 29.9 Å². The molecule has 0 saturated carbocycles. The maximum absolute atomic E-state index is 12.6. The Morgan fingerprint density at radius 2 is 0.859 bits per heavy atom. The van der Waals surface area contributed by atoms with Gasteiger partial charge in [0.2, 0.25) is 0 Å². The third-order valence-electron chi connectivity index (χ3n) is 15.0. The van der Waals surface area contributed by atoms with Crippen molar-refractivity contribution in [2.75, 3.05) is 100 Å². The molecule has 484 valence electrons.